The number of benzene rings is 2. The summed E-state index contributed by atoms with van der Waals surface area (Å²) in [7, 11) is 0. The first kappa shape index (κ1) is 21.4. The van der Waals surface area contributed by atoms with Crippen LogP contribution < -0.4 is 5.32 Å². The van der Waals surface area contributed by atoms with Crippen molar-refractivity contribution >= 4 is 17.6 Å². The van der Waals surface area contributed by atoms with E-state index in [1.807, 2.05) is 28.9 Å². The van der Waals surface area contributed by atoms with E-state index in [9.17, 15) is 0 Å². The SMILES string of the molecule is [C-]#[N+]/N=C(\N[C@H]1CCCc2ccccc21)N1CCC[C@@H]1c1nnnn1Cc1ccc(Cl)cc1. The van der Waals surface area contributed by atoms with E-state index in [1.165, 1.54) is 11.1 Å². The van der Waals surface area contributed by atoms with E-state index in [4.69, 9.17) is 18.2 Å². The lowest BCUT2D eigenvalue weighted by Gasteiger charge is -2.31. The Morgan fingerprint density at radius 3 is 2.85 bits per heavy atom. The molecule has 0 bridgehead atoms. The Morgan fingerprint density at radius 1 is 1.15 bits per heavy atom. The average molecular weight is 461 g/mol. The smallest absolute Gasteiger partial charge is 0.281 e. The fourth-order valence-electron chi connectivity index (χ4n) is 4.89. The fraction of sp³-hybridized carbons (Fsp3) is 0.375. The molecule has 0 saturated carbocycles. The molecule has 1 saturated heterocycles. The molecule has 3 aromatic rings. The second-order valence-corrected chi connectivity index (χ2v) is 8.92. The second-order valence-electron chi connectivity index (χ2n) is 8.48. The predicted octanol–water partition coefficient (Wildman–Crippen LogP) is 4.37. The standard InChI is InChI=1S/C24H25ClN8/c1-26-29-24(27-21-9-4-7-18-6-2-3-8-20(18)21)32-15-5-10-22(32)23-28-30-31-33(23)16-17-11-13-19(25)14-12-17/h2-3,6,8,11-14,21-22H,4-5,7,9-10,15-16H2,(H,27,29)/t21-,22+/m0/s1. The summed E-state index contributed by atoms with van der Waals surface area (Å²) in [5, 5.41) is 21.0. The number of halogens is 1. The Labute approximate surface area is 198 Å². The molecule has 33 heavy (non-hydrogen) atoms. The molecule has 2 aliphatic rings. The van der Waals surface area contributed by atoms with Crippen molar-refractivity contribution in [2.24, 2.45) is 5.10 Å². The molecule has 8 nitrogen and oxygen atoms in total. The Bertz CT molecular complexity index is 1180. The van der Waals surface area contributed by atoms with Crippen molar-refractivity contribution in [1.82, 2.24) is 30.4 Å². The summed E-state index contributed by atoms with van der Waals surface area (Å²) in [6.45, 7) is 8.78. The number of aromatic nitrogens is 4. The molecule has 0 amide bonds. The van der Waals surface area contributed by atoms with Gasteiger partial charge in [-0.2, -0.15) is 6.57 Å². The summed E-state index contributed by atoms with van der Waals surface area (Å²) in [5.74, 6) is 1.39. The highest BCUT2D eigenvalue weighted by Gasteiger charge is 2.35. The van der Waals surface area contributed by atoms with Crippen molar-refractivity contribution in [3.05, 3.63) is 87.6 Å². The van der Waals surface area contributed by atoms with Crippen LogP contribution in [-0.4, -0.2) is 37.6 Å². The molecule has 9 heteroatoms. The van der Waals surface area contributed by atoms with E-state index in [2.05, 4.69) is 60.1 Å². The monoisotopic (exact) mass is 460 g/mol. The summed E-state index contributed by atoms with van der Waals surface area (Å²) in [5.41, 5.74) is 3.74. The molecule has 1 aliphatic carbocycles. The van der Waals surface area contributed by atoms with Crippen molar-refractivity contribution in [3.8, 4) is 0 Å². The third-order valence-corrected chi connectivity index (χ3v) is 6.70. The molecule has 5 rings (SSSR count). The maximum absolute atomic E-state index is 7.42. The number of guanidine groups is 1. The molecule has 0 unspecified atom stereocenters. The van der Waals surface area contributed by atoms with Gasteiger partial charge in [-0.1, -0.05) is 48.0 Å². The van der Waals surface area contributed by atoms with Crippen LogP contribution in [-0.2, 0) is 13.0 Å². The van der Waals surface area contributed by atoms with E-state index in [0.29, 0.717) is 17.5 Å². The number of tetrazole rings is 1. The minimum absolute atomic E-state index is 0.0425. The van der Waals surface area contributed by atoms with Gasteiger partial charge in [0.05, 0.1) is 18.6 Å². The largest absolute Gasteiger partial charge is 0.343 e. The fourth-order valence-corrected chi connectivity index (χ4v) is 5.02. The van der Waals surface area contributed by atoms with Crippen molar-refractivity contribution in [2.45, 2.75) is 50.7 Å². The number of likely N-dealkylation sites (tertiary alicyclic amines) is 1. The van der Waals surface area contributed by atoms with E-state index in [0.717, 1.165) is 50.0 Å². The normalized spacial score (nSPS) is 20.4. The molecule has 2 atom stereocenters. The number of aryl methyl sites for hydroxylation is 1. The molecular formula is C24H25ClN8. The number of nitrogens with zero attached hydrogens (tertiary/aromatic N) is 7. The highest BCUT2D eigenvalue weighted by molar-refractivity contribution is 6.30. The summed E-state index contributed by atoms with van der Waals surface area (Å²) in [4.78, 5) is 5.53. The van der Waals surface area contributed by atoms with Crippen LogP contribution in [0.25, 0.3) is 4.95 Å². The molecule has 0 spiro atoms. The van der Waals surface area contributed by atoms with Crippen LogP contribution in [0.4, 0.5) is 0 Å². The third-order valence-electron chi connectivity index (χ3n) is 6.45. The van der Waals surface area contributed by atoms with E-state index < -0.39 is 0 Å². The van der Waals surface area contributed by atoms with Crippen LogP contribution in [0.15, 0.2) is 53.6 Å². The van der Waals surface area contributed by atoms with Crippen LogP contribution in [0.3, 0.4) is 0 Å². The van der Waals surface area contributed by atoms with Gasteiger partial charge in [0.15, 0.2) is 5.82 Å². The summed E-state index contributed by atoms with van der Waals surface area (Å²) >= 11 is 6.03. The number of hydrogen-bond donors (Lipinski definition) is 1. The van der Waals surface area contributed by atoms with Gasteiger partial charge in [0.1, 0.15) is 5.10 Å². The van der Waals surface area contributed by atoms with Gasteiger partial charge in [-0.15, -0.1) is 10.1 Å². The Morgan fingerprint density at radius 2 is 2.00 bits per heavy atom. The van der Waals surface area contributed by atoms with Crippen LogP contribution >= 0.6 is 11.6 Å². The third kappa shape index (κ3) is 4.55. The van der Waals surface area contributed by atoms with Crippen LogP contribution in [0, 0.1) is 6.57 Å². The molecule has 168 valence electrons. The maximum Gasteiger partial charge on any atom is 0.281 e. The number of nitrogens with one attached hydrogen (secondary N) is 1. The minimum atomic E-state index is -0.0425. The van der Waals surface area contributed by atoms with Gasteiger partial charge in [0.25, 0.3) is 5.96 Å². The van der Waals surface area contributed by atoms with Gasteiger partial charge in [-0.05, 0) is 71.4 Å². The molecule has 2 heterocycles. The van der Waals surface area contributed by atoms with E-state index in [1.54, 1.807) is 0 Å². The number of fused-ring (bicyclic) bond motifs is 1. The first-order chi connectivity index (χ1) is 16.2. The van der Waals surface area contributed by atoms with E-state index in [-0.39, 0.29) is 12.1 Å². The Kier molecular flexibility index (Phi) is 6.22. The second kappa shape index (κ2) is 9.59. The topological polar surface area (TPSA) is 75.6 Å². The molecule has 1 fully saturated rings. The first-order valence-corrected chi connectivity index (χ1v) is 11.7. The summed E-state index contributed by atoms with van der Waals surface area (Å²) in [6.07, 6.45) is 5.11. The maximum atomic E-state index is 7.42. The minimum Gasteiger partial charge on any atom is -0.343 e. The zero-order valence-electron chi connectivity index (χ0n) is 18.2. The first-order valence-electron chi connectivity index (χ1n) is 11.3. The van der Waals surface area contributed by atoms with Crippen molar-refractivity contribution in [3.63, 3.8) is 0 Å². The molecule has 2 aromatic carbocycles. The lowest BCUT2D eigenvalue weighted by molar-refractivity contribution is 0.348. The summed E-state index contributed by atoms with van der Waals surface area (Å²) < 4.78 is 1.83. The van der Waals surface area contributed by atoms with Crippen LogP contribution in [0.1, 0.15) is 60.3 Å². The van der Waals surface area contributed by atoms with Crippen LogP contribution in [0.2, 0.25) is 5.02 Å². The predicted molar refractivity (Wildman–Crippen MR) is 126 cm³/mol. The number of rotatable bonds is 4. The molecule has 0 radical (unpaired) electrons. The van der Waals surface area contributed by atoms with Gasteiger partial charge in [0.2, 0.25) is 0 Å². The quantitative estimate of drug-likeness (QED) is 0.271. The van der Waals surface area contributed by atoms with Crippen LogP contribution in [0.5, 0.6) is 0 Å². The lowest BCUT2D eigenvalue weighted by Crippen LogP contribution is -2.43. The van der Waals surface area contributed by atoms with Crippen molar-refractivity contribution in [2.75, 3.05) is 6.54 Å². The Balaban J connectivity index is 1.39. The van der Waals surface area contributed by atoms with Gasteiger partial charge in [-0.3, -0.25) is 0 Å². The van der Waals surface area contributed by atoms with E-state index >= 15 is 0 Å². The molecule has 1 N–H and O–H groups in total. The van der Waals surface area contributed by atoms with Gasteiger partial charge < -0.3 is 10.2 Å². The number of hydrogen-bond acceptors (Lipinski definition) is 4. The average Bonchev–Trinajstić information content (AvgIpc) is 3.50. The van der Waals surface area contributed by atoms with Gasteiger partial charge >= 0.3 is 0 Å². The van der Waals surface area contributed by atoms with Gasteiger partial charge in [0, 0.05) is 11.6 Å². The zero-order chi connectivity index (χ0) is 22.6. The van der Waals surface area contributed by atoms with Crippen molar-refractivity contribution in [1.29, 1.82) is 0 Å². The zero-order valence-corrected chi connectivity index (χ0v) is 19.0. The molecule has 1 aliphatic heterocycles. The van der Waals surface area contributed by atoms with Crippen molar-refractivity contribution < 1.29 is 0 Å². The van der Waals surface area contributed by atoms with Gasteiger partial charge in [-0.25, -0.2) is 4.68 Å². The Hall–Kier alpha value is -3.44. The highest BCUT2D eigenvalue weighted by atomic mass is 35.5. The molecule has 1 aromatic heterocycles. The molecular weight excluding hydrogens is 436 g/mol. The highest BCUT2D eigenvalue weighted by Crippen LogP contribution is 2.33. The lowest BCUT2D eigenvalue weighted by atomic mass is 9.88. The summed E-state index contributed by atoms with van der Waals surface area (Å²) in [6, 6.07) is 16.3.